The molecule has 0 aromatic heterocycles. The van der Waals surface area contributed by atoms with Gasteiger partial charge in [-0.1, -0.05) is 0 Å². The van der Waals surface area contributed by atoms with E-state index in [4.69, 9.17) is 32.7 Å². The van der Waals surface area contributed by atoms with Gasteiger partial charge in [0.1, 0.15) is 15.9 Å². The average molecular weight is 622 g/mol. The highest BCUT2D eigenvalue weighted by molar-refractivity contribution is 7.91. The Labute approximate surface area is 249 Å². The molecule has 3 saturated carbocycles. The molecule has 2 saturated heterocycles. The van der Waals surface area contributed by atoms with E-state index in [1.165, 1.54) is 6.26 Å². The summed E-state index contributed by atoms with van der Waals surface area (Å²) in [6.45, 7) is 4.17. The number of fused-ring (bicyclic) bond motifs is 1. The molecule has 0 aromatic rings. The Bertz CT molecular complexity index is 1030. The molecular formula is C29H46Cl2N2O6S. The molecule has 8 atom stereocenters. The lowest BCUT2D eigenvalue weighted by molar-refractivity contribution is -0.185. The van der Waals surface area contributed by atoms with Crippen LogP contribution in [0, 0.1) is 11.8 Å². The minimum atomic E-state index is -3.01. The molecule has 5 fully saturated rings. The quantitative estimate of drug-likeness (QED) is 0.420. The van der Waals surface area contributed by atoms with Gasteiger partial charge >= 0.3 is 0 Å². The number of sulfone groups is 1. The summed E-state index contributed by atoms with van der Waals surface area (Å²) in [6, 6.07) is -0.0952. The summed E-state index contributed by atoms with van der Waals surface area (Å²) < 4.78 is 36.6. The number of alkyl halides is 2. The van der Waals surface area contributed by atoms with Crippen LogP contribution in [0.2, 0.25) is 0 Å². The van der Waals surface area contributed by atoms with E-state index in [0.29, 0.717) is 31.2 Å². The molecule has 7 unspecified atom stereocenters. The third-order valence-electron chi connectivity index (χ3n) is 10.3. The molecule has 11 heteroatoms. The molecule has 8 nitrogen and oxygen atoms in total. The number of ether oxygens (including phenoxy) is 2. The highest BCUT2D eigenvalue weighted by Crippen LogP contribution is 2.44. The number of nitrogens with zero attached hydrogens (tertiary/aromatic N) is 2. The van der Waals surface area contributed by atoms with Gasteiger partial charge in [0, 0.05) is 42.9 Å². The van der Waals surface area contributed by atoms with Gasteiger partial charge in [-0.05, 0) is 89.4 Å². The zero-order valence-electron chi connectivity index (χ0n) is 24.1. The van der Waals surface area contributed by atoms with Crippen molar-refractivity contribution >= 4 is 44.9 Å². The van der Waals surface area contributed by atoms with E-state index in [2.05, 4.69) is 0 Å². The summed E-state index contributed by atoms with van der Waals surface area (Å²) in [5.74, 6) is 0.966. The first-order chi connectivity index (χ1) is 18.9. The van der Waals surface area contributed by atoms with Gasteiger partial charge in [-0.2, -0.15) is 0 Å². The Morgan fingerprint density at radius 1 is 0.850 bits per heavy atom. The molecule has 0 radical (unpaired) electrons. The molecule has 2 aliphatic heterocycles. The fraction of sp³-hybridized carbons (Fsp3) is 0.931. The van der Waals surface area contributed by atoms with Crippen molar-refractivity contribution in [1.82, 2.24) is 9.80 Å². The van der Waals surface area contributed by atoms with Crippen molar-refractivity contribution in [1.29, 1.82) is 0 Å². The van der Waals surface area contributed by atoms with Crippen LogP contribution in [0.1, 0.15) is 90.9 Å². The second kappa shape index (κ2) is 12.6. The van der Waals surface area contributed by atoms with E-state index in [1.54, 1.807) is 6.92 Å². The van der Waals surface area contributed by atoms with Gasteiger partial charge in [-0.25, -0.2) is 8.42 Å². The van der Waals surface area contributed by atoms with E-state index in [0.717, 1.165) is 64.2 Å². The smallest absolute Gasteiger partial charge is 0.252 e. The van der Waals surface area contributed by atoms with Crippen molar-refractivity contribution in [2.45, 2.75) is 144 Å². The second-order valence-electron chi connectivity index (χ2n) is 13.1. The molecule has 3 aliphatic carbocycles. The lowest BCUT2D eigenvalue weighted by atomic mass is 9.69. The monoisotopic (exact) mass is 620 g/mol. The van der Waals surface area contributed by atoms with E-state index in [-0.39, 0.29) is 52.0 Å². The molecule has 0 aromatic carbocycles. The highest BCUT2D eigenvalue weighted by Gasteiger charge is 2.49. The normalized spacial score (nSPS) is 42.9. The van der Waals surface area contributed by atoms with E-state index in [9.17, 15) is 18.0 Å². The van der Waals surface area contributed by atoms with Gasteiger partial charge in [0.05, 0.1) is 23.4 Å². The maximum absolute atomic E-state index is 14.0. The van der Waals surface area contributed by atoms with Gasteiger partial charge in [0.15, 0.2) is 6.29 Å². The highest BCUT2D eigenvalue weighted by atomic mass is 35.5. The standard InChI is InChI=1S/C29H46Cl2N2O6S/c1-17-16-32(29(35)27-10-11-28(39-27)38-23-14-21(30)13-22(31)15-23)26-12-20(6-9-25(26)33(17)18(2)34)19-4-7-24(8-5-19)40(3,36)37/h17,19-28H,4-16H2,1-3H3/t17-,19?,20?,21?,22?,23?,24?,25?,26?,27?,28?/m0/s1. The Hall–Kier alpha value is -0.610. The first-order valence-corrected chi connectivity index (χ1v) is 18.1. The third-order valence-corrected chi connectivity index (χ3v) is 12.7. The first-order valence-electron chi connectivity index (χ1n) is 15.3. The Morgan fingerprint density at radius 2 is 1.50 bits per heavy atom. The van der Waals surface area contributed by atoms with Crippen LogP contribution in [-0.4, -0.2) is 95.5 Å². The van der Waals surface area contributed by atoms with Crippen LogP contribution in [-0.2, 0) is 28.9 Å². The fourth-order valence-electron chi connectivity index (χ4n) is 8.41. The van der Waals surface area contributed by atoms with E-state index >= 15 is 0 Å². The number of piperazine rings is 1. The van der Waals surface area contributed by atoms with Gasteiger partial charge in [0.25, 0.3) is 5.91 Å². The number of hydrogen-bond acceptors (Lipinski definition) is 6. The molecule has 0 N–H and O–H groups in total. The topological polar surface area (TPSA) is 93.2 Å². The Kier molecular flexibility index (Phi) is 9.68. The van der Waals surface area contributed by atoms with Crippen LogP contribution in [0.15, 0.2) is 0 Å². The number of halogens is 2. The minimum Gasteiger partial charge on any atom is -0.349 e. The molecule has 40 heavy (non-hydrogen) atoms. The van der Waals surface area contributed by atoms with Crippen molar-refractivity contribution < 1.29 is 27.5 Å². The van der Waals surface area contributed by atoms with Crippen LogP contribution < -0.4 is 0 Å². The number of carbonyl (C=O) groups excluding carboxylic acids is 2. The maximum Gasteiger partial charge on any atom is 0.252 e. The molecule has 228 valence electrons. The first kappa shape index (κ1) is 30.8. The molecule has 2 amide bonds. The predicted molar refractivity (Wildman–Crippen MR) is 155 cm³/mol. The van der Waals surface area contributed by atoms with Gasteiger partial charge in [-0.3, -0.25) is 9.59 Å². The van der Waals surface area contributed by atoms with E-state index in [1.807, 2.05) is 16.7 Å². The fourth-order valence-corrected chi connectivity index (χ4v) is 10.5. The molecular weight excluding hydrogens is 575 g/mol. The number of carbonyl (C=O) groups is 2. The zero-order chi connectivity index (χ0) is 28.8. The summed E-state index contributed by atoms with van der Waals surface area (Å²) in [4.78, 5) is 30.7. The molecule has 5 rings (SSSR count). The van der Waals surface area contributed by atoms with Crippen molar-refractivity contribution in [3.8, 4) is 0 Å². The summed E-state index contributed by atoms with van der Waals surface area (Å²) in [5.41, 5.74) is 0. The Balaban J connectivity index is 1.25. The van der Waals surface area contributed by atoms with Crippen molar-refractivity contribution in [3.05, 3.63) is 0 Å². The lowest BCUT2D eigenvalue weighted by Crippen LogP contribution is -2.68. The summed E-state index contributed by atoms with van der Waals surface area (Å²) in [5, 5.41) is -0.232. The van der Waals surface area contributed by atoms with Crippen LogP contribution >= 0.6 is 23.2 Å². The van der Waals surface area contributed by atoms with Crippen LogP contribution in [0.25, 0.3) is 0 Å². The van der Waals surface area contributed by atoms with Crippen molar-refractivity contribution in [2.24, 2.45) is 11.8 Å². The summed E-state index contributed by atoms with van der Waals surface area (Å²) in [7, 11) is -3.01. The van der Waals surface area contributed by atoms with Crippen molar-refractivity contribution in [3.63, 3.8) is 0 Å². The lowest BCUT2D eigenvalue weighted by Gasteiger charge is -2.55. The average Bonchev–Trinajstić information content (AvgIpc) is 3.34. The van der Waals surface area contributed by atoms with Gasteiger partial charge in [0.2, 0.25) is 5.91 Å². The minimum absolute atomic E-state index is 0.00301. The maximum atomic E-state index is 14.0. The molecule has 0 spiro atoms. The Morgan fingerprint density at radius 3 is 2.12 bits per heavy atom. The second-order valence-corrected chi connectivity index (χ2v) is 16.7. The molecule has 0 bridgehead atoms. The molecule has 5 aliphatic rings. The summed E-state index contributed by atoms with van der Waals surface area (Å²) >= 11 is 12.7. The summed E-state index contributed by atoms with van der Waals surface area (Å²) in [6.07, 6.45) is 9.86. The third kappa shape index (κ3) is 6.79. The molecule has 2 heterocycles. The SMILES string of the molecule is CC(=O)N1C2CCC(C3CCC(S(C)(=O)=O)CC3)CC2N(C(=O)C2CCC(OC3CC(Cl)CC(Cl)C3)O2)C[C@@H]1C. The predicted octanol–water partition coefficient (Wildman–Crippen LogP) is 4.50. The van der Waals surface area contributed by atoms with Crippen molar-refractivity contribution in [2.75, 3.05) is 12.8 Å². The van der Waals surface area contributed by atoms with Crippen LogP contribution in [0.4, 0.5) is 0 Å². The number of hydrogen-bond donors (Lipinski definition) is 0. The number of rotatable bonds is 5. The van der Waals surface area contributed by atoms with Crippen LogP contribution in [0.3, 0.4) is 0 Å². The largest absolute Gasteiger partial charge is 0.349 e. The number of amides is 2. The zero-order valence-corrected chi connectivity index (χ0v) is 26.4. The van der Waals surface area contributed by atoms with Gasteiger partial charge in [-0.15, -0.1) is 23.2 Å². The van der Waals surface area contributed by atoms with Crippen LogP contribution in [0.5, 0.6) is 0 Å². The van der Waals surface area contributed by atoms with E-state index < -0.39 is 22.2 Å². The van der Waals surface area contributed by atoms with Gasteiger partial charge < -0.3 is 19.3 Å².